The molecule has 1 unspecified atom stereocenters. The molecule has 0 heterocycles. The van der Waals surface area contributed by atoms with Crippen molar-refractivity contribution in [1.29, 1.82) is 0 Å². The van der Waals surface area contributed by atoms with Crippen LogP contribution in [0, 0.1) is 12.0 Å². The second-order valence-corrected chi connectivity index (χ2v) is 17.4. The molecular formula is C26H31Cl3SiZr. The number of benzene rings is 2. The zero-order chi connectivity index (χ0) is 21.6. The maximum atomic E-state index is 6.16. The summed E-state index contributed by atoms with van der Waals surface area (Å²) in [5.41, 5.74) is 6.94. The summed E-state index contributed by atoms with van der Waals surface area (Å²) in [5.74, 6) is 0.560. The summed E-state index contributed by atoms with van der Waals surface area (Å²) in [4.78, 5) is 0. The Morgan fingerprint density at radius 1 is 0.968 bits per heavy atom. The fraction of sp³-hybridized carbons (Fsp3) is 0.269. The van der Waals surface area contributed by atoms with Crippen LogP contribution in [0.4, 0.5) is 0 Å². The fourth-order valence-electron chi connectivity index (χ4n) is 3.23. The van der Waals surface area contributed by atoms with Crippen LogP contribution in [0.2, 0.25) is 18.1 Å². The SMILES string of the molecule is CC1=[C-]C(C)C(C)=C1C.C[Si](C)=[Zr+2].Cl.Cl.Clc1cccc2c(-c3ccccc3)c[cH-]c12. The van der Waals surface area contributed by atoms with Crippen molar-refractivity contribution < 1.29 is 23.3 Å². The molecule has 5 heteroatoms. The molecule has 0 fully saturated rings. The van der Waals surface area contributed by atoms with Crippen molar-refractivity contribution in [2.24, 2.45) is 5.92 Å². The van der Waals surface area contributed by atoms with Gasteiger partial charge in [0.25, 0.3) is 0 Å². The Balaban J connectivity index is 0.000000516. The van der Waals surface area contributed by atoms with Crippen LogP contribution in [0.15, 0.2) is 77.4 Å². The Labute approximate surface area is 220 Å². The molecule has 0 aromatic heterocycles. The van der Waals surface area contributed by atoms with Gasteiger partial charge in [-0.3, -0.25) is 6.08 Å². The number of hydrogen-bond donors (Lipinski definition) is 0. The topological polar surface area (TPSA) is 0 Å². The van der Waals surface area contributed by atoms with Crippen molar-refractivity contribution in [3.63, 3.8) is 0 Å². The molecule has 0 spiro atoms. The molecule has 4 rings (SSSR count). The van der Waals surface area contributed by atoms with Gasteiger partial charge in [0.15, 0.2) is 0 Å². The van der Waals surface area contributed by atoms with Gasteiger partial charge in [0.1, 0.15) is 0 Å². The average Bonchev–Trinajstić information content (AvgIpc) is 3.21. The first-order valence-corrected chi connectivity index (χ1v) is 16.5. The summed E-state index contributed by atoms with van der Waals surface area (Å²) in [7, 11) is 0. The van der Waals surface area contributed by atoms with Gasteiger partial charge in [-0.05, 0) is 5.02 Å². The Hall–Kier alpha value is -0.500. The maximum absolute atomic E-state index is 6.16. The minimum atomic E-state index is 0. The molecular weight excluding hydrogens is 538 g/mol. The zero-order valence-electron chi connectivity index (χ0n) is 19.0. The first kappa shape index (κ1) is 30.5. The third kappa shape index (κ3) is 8.75. The zero-order valence-corrected chi connectivity index (χ0v) is 24.9. The van der Waals surface area contributed by atoms with Crippen LogP contribution in [0.5, 0.6) is 0 Å². The van der Waals surface area contributed by atoms with E-state index >= 15 is 0 Å². The van der Waals surface area contributed by atoms with Gasteiger partial charge in [-0.25, -0.2) is 5.57 Å². The van der Waals surface area contributed by atoms with E-state index in [2.05, 4.69) is 89.3 Å². The summed E-state index contributed by atoms with van der Waals surface area (Å²) in [6.45, 7) is 13.3. The van der Waals surface area contributed by atoms with Gasteiger partial charge in [0.2, 0.25) is 0 Å². The third-order valence-electron chi connectivity index (χ3n) is 5.08. The van der Waals surface area contributed by atoms with E-state index in [0.717, 1.165) is 10.4 Å². The van der Waals surface area contributed by atoms with Gasteiger partial charge in [0.05, 0.1) is 0 Å². The summed E-state index contributed by atoms with van der Waals surface area (Å²) in [6, 6.07) is 20.6. The van der Waals surface area contributed by atoms with E-state index < -0.39 is 0 Å². The molecule has 0 amide bonds. The van der Waals surface area contributed by atoms with Gasteiger partial charge < -0.3 is 0 Å². The van der Waals surface area contributed by atoms with Gasteiger partial charge in [-0.15, -0.1) is 77.9 Å². The van der Waals surface area contributed by atoms with E-state index in [9.17, 15) is 0 Å². The number of fused-ring (bicyclic) bond motifs is 1. The standard InChI is InChI=1S/C15H10Cl.C9H13.C2H6Si.2ClH.Zr/c16-15-8-4-7-13-12(9-10-14(13)15)11-5-2-1-3-6-11;1-6-5-7(2)9(4)8(6)3;1-3-2;;;/h1-10H;6H,1-4H3;1-2H3;2*1H;/q2*-1;;;;+2. The number of hydrogen-bond acceptors (Lipinski definition) is 0. The Bertz CT molecular complexity index is 1040. The maximum Gasteiger partial charge on any atom is -0.0346 e. The van der Waals surface area contributed by atoms with E-state index in [1.54, 1.807) is 23.3 Å². The molecule has 1 atom stereocenters. The van der Waals surface area contributed by atoms with Gasteiger partial charge in [-0.1, -0.05) is 74.7 Å². The molecule has 0 saturated heterocycles. The van der Waals surface area contributed by atoms with E-state index in [0.29, 0.717) is 5.92 Å². The number of allylic oxidation sites excluding steroid dienone is 4. The Kier molecular flexibility index (Phi) is 14.4. The summed E-state index contributed by atoms with van der Waals surface area (Å²) < 4.78 is 0. The van der Waals surface area contributed by atoms with Gasteiger partial charge in [-0.2, -0.15) is 11.1 Å². The van der Waals surface area contributed by atoms with Crippen molar-refractivity contribution in [3.05, 3.63) is 88.5 Å². The number of halogens is 3. The molecule has 3 aromatic rings. The monoisotopic (exact) mass is 566 g/mol. The predicted molar refractivity (Wildman–Crippen MR) is 142 cm³/mol. The van der Waals surface area contributed by atoms with Crippen molar-refractivity contribution in [2.75, 3.05) is 0 Å². The quantitative estimate of drug-likeness (QED) is 0.203. The minimum Gasteiger partial charge on any atom is -0.147 e. The molecule has 1 aliphatic rings. The normalized spacial score (nSPS) is 14.4. The first-order valence-electron chi connectivity index (χ1n) is 9.91. The Morgan fingerprint density at radius 3 is 2.00 bits per heavy atom. The van der Waals surface area contributed by atoms with Crippen molar-refractivity contribution in [3.8, 4) is 11.1 Å². The molecule has 31 heavy (non-hydrogen) atoms. The van der Waals surface area contributed by atoms with Crippen LogP contribution in [0.25, 0.3) is 21.9 Å². The summed E-state index contributed by atoms with van der Waals surface area (Å²) in [5, 5.41) is 3.17. The van der Waals surface area contributed by atoms with E-state index in [-0.39, 0.29) is 30.2 Å². The second kappa shape index (κ2) is 14.6. The molecule has 0 N–H and O–H groups in total. The molecule has 0 saturated carbocycles. The van der Waals surface area contributed by atoms with Gasteiger partial charge in [0, 0.05) is 0 Å². The molecule has 3 aromatic carbocycles. The van der Waals surface area contributed by atoms with Crippen molar-refractivity contribution >= 4 is 52.6 Å². The third-order valence-corrected chi connectivity index (χ3v) is 5.41. The van der Waals surface area contributed by atoms with Crippen LogP contribution in [0.1, 0.15) is 27.7 Å². The van der Waals surface area contributed by atoms with E-state index in [1.165, 1.54) is 33.2 Å². The Morgan fingerprint density at radius 2 is 1.55 bits per heavy atom. The molecule has 0 bridgehead atoms. The van der Waals surface area contributed by atoms with Gasteiger partial charge >= 0.3 is 41.9 Å². The van der Waals surface area contributed by atoms with Crippen LogP contribution in [-0.2, 0) is 23.3 Å². The first-order chi connectivity index (χ1) is 13.7. The molecule has 0 aliphatic heterocycles. The van der Waals surface area contributed by atoms with E-state index in [1.807, 2.05) is 18.2 Å². The molecule has 0 radical (unpaired) electrons. The van der Waals surface area contributed by atoms with E-state index in [4.69, 9.17) is 11.6 Å². The summed E-state index contributed by atoms with van der Waals surface area (Å²) in [6.07, 6.45) is 3.36. The fourth-order valence-corrected chi connectivity index (χ4v) is 3.47. The van der Waals surface area contributed by atoms with Crippen LogP contribution >= 0.6 is 36.4 Å². The second-order valence-electron chi connectivity index (χ2n) is 7.61. The predicted octanol–water partition coefficient (Wildman–Crippen LogP) is 9.23. The van der Waals surface area contributed by atoms with Crippen LogP contribution in [0.3, 0.4) is 0 Å². The molecule has 164 valence electrons. The smallest absolute Gasteiger partial charge is 0.0346 e. The summed E-state index contributed by atoms with van der Waals surface area (Å²) >= 11 is 7.90. The van der Waals surface area contributed by atoms with Crippen molar-refractivity contribution in [1.82, 2.24) is 0 Å². The van der Waals surface area contributed by atoms with Crippen LogP contribution in [-0.4, -0.2) is 5.43 Å². The average molecular weight is 569 g/mol. The molecule has 1 aliphatic carbocycles. The number of rotatable bonds is 1. The minimum absolute atomic E-state index is 0. The molecule has 0 nitrogen and oxygen atoms in total. The largest absolute Gasteiger partial charge is 0.147 e. The van der Waals surface area contributed by atoms with Crippen molar-refractivity contribution in [2.45, 2.75) is 40.8 Å². The van der Waals surface area contributed by atoms with Crippen LogP contribution < -0.4 is 0 Å².